The van der Waals surface area contributed by atoms with E-state index in [1.807, 2.05) is 24.3 Å². The lowest BCUT2D eigenvalue weighted by Crippen LogP contribution is -1.98. The van der Waals surface area contributed by atoms with Gasteiger partial charge in [0.05, 0.1) is 26.7 Å². The van der Waals surface area contributed by atoms with Crippen molar-refractivity contribution in [3.8, 4) is 11.8 Å². The van der Waals surface area contributed by atoms with E-state index in [-0.39, 0.29) is 0 Å². The third kappa shape index (κ3) is 4.88. The second-order valence-corrected chi connectivity index (χ2v) is 8.69. The van der Waals surface area contributed by atoms with Crippen molar-refractivity contribution in [2.75, 3.05) is 0 Å². The van der Waals surface area contributed by atoms with Crippen molar-refractivity contribution in [3.05, 3.63) is 110 Å². The summed E-state index contributed by atoms with van der Waals surface area (Å²) in [6.07, 6.45) is 1.67. The van der Waals surface area contributed by atoms with E-state index in [1.165, 1.54) is 0 Å². The SMILES string of the molecule is N#C/C(=C\c1cc(Cl)c(OCc2cccc3ccccc23)c(Cl)c1)c1ccc(Cl)cc1Cl. The van der Waals surface area contributed by atoms with Crippen molar-refractivity contribution in [3.63, 3.8) is 0 Å². The number of nitriles is 1. The highest BCUT2D eigenvalue weighted by Crippen LogP contribution is 2.37. The van der Waals surface area contributed by atoms with Crippen LogP contribution in [-0.2, 0) is 6.61 Å². The Labute approximate surface area is 206 Å². The Kier molecular flexibility index (Phi) is 6.94. The standard InChI is InChI=1S/C26H15Cl4NO/c27-20-8-9-22(23(28)13-20)19(14-31)10-16-11-24(29)26(25(30)12-16)32-15-18-6-3-5-17-4-1-2-7-21(17)18/h1-13H,15H2/b19-10+. The van der Waals surface area contributed by atoms with Crippen LogP contribution in [0.1, 0.15) is 16.7 Å². The van der Waals surface area contributed by atoms with Crippen molar-refractivity contribution in [2.45, 2.75) is 6.61 Å². The summed E-state index contributed by atoms with van der Waals surface area (Å²) in [7, 11) is 0. The van der Waals surface area contributed by atoms with Gasteiger partial charge in [-0.1, -0.05) is 94.9 Å². The number of hydrogen-bond donors (Lipinski definition) is 0. The second-order valence-electron chi connectivity index (χ2n) is 7.03. The van der Waals surface area contributed by atoms with E-state index in [0.717, 1.165) is 16.3 Å². The summed E-state index contributed by atoms with van der Waals surface area (Å²) in [5.74, 6) is 0.390. The molecule has 0 fully saturated rings. The molecule has 0 unspecified atom stereocenters. The number of rotatable bonds is 5. The Hall–Kier alpha value is -2.67. The van der Waals surface area contributed by atoms with Crippen molar-refractivity contribution in [2.24, 2.45) is 0 Å². The Morgan fingerprint density at radius 2 is 1.56 bits per heavy atom. The molecule has 32 heavy (non-hydrogen) atoms. The molecule has 0 aliphatic heterocycles. The van der Waals surface area contributed by atoms with Crippen LogP contribution in [0.25, 0.3) is 22.4 Å². The lowest BCUT2D eigenvalue weighted by atomic mass is 10.0. The largest absolute Gasteiger partial charge is 0.486 e. The van der Waals surface area contributed by atoms with Crippen LogP contribution in [0.2, 0.25) is 20.1 Å². The highest BCUT2D eigenvalue weighted by molar-refractivity contribution is 6.37. The third-order valence-electron chi connectivity index (χ3n) is 4.93. The Morgan fingerprint density at radius 1 is 0.844 bits per heavy atom. The van der Waals surface area contributed by atoms with E-state index in [9.17, 15) is 5.26 Å². The van der Waals surface area contributed by atoms with Gasteiger partial charge in [0, 0.05) is 10.6 Å². The molecule has 4 aromatic carbocycles. The number of fused-ring (bicyclic) bond motifs is 1. The molecule has 0 N–H and O–H groups in total. The van der Waals surface area contributed by atoms with Crippen LogP contribution >= 0.6 is 46.4 Å². The molecule has 0 saturated heterocycles. The van der Waals surface area contributed by atoms with Crippen molar-refractivity contribution < 1.29 is 4.74 Å². The summed E-state index contributed by atoms with van der Waals surface area (Å²) in [5, 5.41) is 13.5. The van der Waals surface area contributed by atoms with Crippen LogP contribution in [0.15, 0.2) is 72.8 Å². The Morgan fingerprint density at radius 3 is 2.28 bits per heavy atom. The maximum atomic E-state index is 9.62. The zero-order valence-electron chi connectivity index (χ0n) is 16.6. The molecule has 6 heteroatoms. The highest BCUT2D eigenvalue weighted by atomic mass is 35.5. The molecule has 0 amide bonds. The number of allylic oxidation sites excluding steroid dienone is 1. The molecule has 0 heterocycles. The van der Waals surface area contributed by atoms with Gasteiger partial charge in [0.15, 0.2) is 5.75 Å². The smallest absolute Gasteiger partial charge is 0.157 e. The van der Waals surface area contributed by atoms with E-state index in [1.54, 1.807) is 36.4 Å². The van der Waals surface area contributed by atoms with Crippen molar-refractivity contribution in [1.82, 2.24) is 0 Å². The van der Waals surface area contributed by atoms with Gasteiger partial charge in [-0.25, -0.2) is 0 Å². The molecule has 0 saturated carbocycles. The molecule has 0 bridgehead atoms. The van der Waals surface area contributed by atoms with Gasteiger partial charge in [0.25, 0.3) is 0 Å². The fourth-order valence-corrected chi connectivity index (χ4v) is 4.54. The quantitative estimate of drug-likeness (QED) is 0.203. The van der Waals surface area contributed by atoms with Gasteiger partial charge >= 0.3 is 0 Å². The van der Waals surface area contributed by atoms with Crippen molar-refractivity contribution >= 4 is 68.8 Å². The predicted octanol–water partition coefficient (Wildman–Crippen LogP) is 9.10. The average Bonchev–Trinajstić information content (AvgIpc) is 2.77. The van der Waals surface area contributed by atoms with E-state index in [0.29, 0.717) is 49.1 Å². The van der Waals surface area contributed by atoms with Crippen LogP contribution in [-0.4, -0.2) is 0 Å². The number of benzene rings is 4. The van der Waals surface area contributed by atoms with Gasteiger partial charge in [-0.3, -0.25) is 0 Å². The molecule has 4 aromatic rings. The molecule has 0 spiro atoms. The molecule has 0 aliphatic carbocycles. The van der Waals surface area contributed by atoms with E-state index < -0.39 is 0 Å². The summed E-state index contributed by atoms with van der Waals surface area (Å²) in [6.45, 7) is 0.319. The monoisotopic (exact) mass is 497 g/mol. The number of hydrogen-bond acceptors (Lipinski definition) is 2. The minimum absolute atomic E-state index is 0.319. The van der Waals surface area contributed by atoms with E-state index in [4.69, 9.17) is 51.1 Å². The summed E-state index contributed by atoms with van der Waals surface area (Å²) >= 11 is 25.2. The molecule has 0 aliphatic rings. The molecule has 158 valence electrons. The topological polar surface area (TPSA) is 33.0 Å². The van der Waals surface area contributed by atoms with Crippen LogP contribution in [0.3, 0.4) is 0 Å². The maximum absolute atomic E-state index is 9.62. The van der Waals surface area contributed by atoms with Crippen LogP contribution < -0.4 is 4.74 Å². The minimum Gasteiger partial charge on any atom is -0.486 e. The summed E-state index contributed by atoms with van der Waals surface area (Å²) in [4.78, 5) is 0. The van der Waals surface area contributed by atoms with Crippen LogP contribution in [0.4, 0.5) is 0 Å². The van der Waals surface area contributed by atoms with Gasteiger partial charge in [0.1, 0.15) is 6.61 Å². The number of halogens is 4. The van der Waals surface area contributed by atoms with E-state index in [2.05, 4.69) is 24.3 Å². The second kappa shape index (κ2) is 9.86. The number of nitrogens with zero attached hydrogens (tertiary/aromatic N) is 1. The fraction of sp³-hybridized carbons (Fsp3) is 0.0385. The fourth-order valence-electron chi connectivity index (χ4n) is 3.41. The van der Waals surface area contributed by atoms with Gasteiger partial charge in [0.2, 0.25) is 0 Å². The van der Waals surface area contributed by atoms with E-state index >= 15 is 0 Å². The zero-order valence-corrected chi connectivity index (χ0v) is 19.6. The maximum Gasteiger partial charge on any atom is 0.157 e. The lowest BCUT2D eigenvalue weighted by Gasteiger charge is -2.13. The molecule has 0 radical (unpaired) electrons. The van der Waals surface area contributed by atoms with Gasteiger partial charge in [-0.2, -0.15) is 5.26 Å². The normalized spacial score (nSPS) is 11.4. The first kappa shape index (κ1) is 22.5. The molecule has 2 nitrogen and oxygen atoms in total. The van der Waals surface area contributed by atoms with Crippen molar-refractivity contribution in [1.29, 1.82) is 5.26 Å². The third-order valence-corrected chi connectivity index (χ3v) is 6.03. The van der Waals surface area contributed by atoms with Gasteiger partial charge in [-0.15, -0.1) is 0 Å². The van der Waals surface area contributed by atoms with Gasteiger partial charge in [-0.05, 0) is 52.2 Å². The zero-order chi connectivity index (χ0) is 22.7. The lowest BCUT2D eigenvalue weighted by molar-refractivity contribution is 0.308. The van der Waals surface area contributed by atoms with Crippen LogP contribution in [0.5, 0.6) is 5.75 Å². The Bertz CT molecular complexity index is 1360. The average molecular weight is 499 g/mol. The van der Waals surface area contributed by atoms with Crippen LogP contribution in [0, 0.1) is 11.3 Å². The molecule has 4 rings (SSSR count). The summed E-state index contributed by atoms with van der Waals surface area (Å²) in [6, 6.07) is 24.7. The summed E-state index contributed by atoms with van der Waals surface area (Å²) in [5.41, 5.74) is 2.62. The first-order valence-corrected chi connectivity index (χ1v) is 11.1. The number of ether oxygens (including phenoxy) is 1. The Balaban J connectivity index is 1.62. The highest BCUT2D eigenvalue weighted by Gasteiger charge is 2.13. The predicted molar refractivity (Wildman–Crippen MR) is 135 cm³/mol. The first-order valence-electron chi connectivity index (χ1n) is 9.62. The minimum atomic E-state index is 0.319. The first-order chi connectivity index (χ1) is 15.5. The molecular weight excluding hydrogens is 484 g/mol. The molecule has 0 aromatic heterocycles. The summed E-state index contributed by atoms with van der Waals surface area (Å²) < 4.78 is 5.98. The molecule has 0 atom stereocenters. The molecular formula is C26H15Cl4NO. The van der Waals surface area contributed by atoms with Gasteiger partial charge < -0.3 is 4.74 Å².